The number of nitrogens with zero attached hydrogens (tertiary/aromatic N) is 4. The number of hydrogen-bond acceptors (Lipinski definition) is 8. The highest BCUT2D eigenvalue weighted by Gasteiger charge is 2.08. The molecule has 194 valence electrons. The second kappa shape index (κ2) is 14.3. The van der Waals surface area contributed by atoms with Crippen LogP contribution in [-0.2, 0) is 9.59 Å². The maximum absolute atomic E-state index is 12.0. The quantitative estimate of drug-likeness (QED) is 0.249. The molecule has 4 N–H and O–H groups in total. The van der Waals surface area contributed by atoms with Gasteiger partial charge in [0.2, 0.25) is 11.8 Å². The topological polar surface area (TPSA) is 130 Å². The summed E-state index contributed by atoms with van der Waals surface area (Å²) in [5.74, 6) is -0.782. The Balaban J connectivity index is 1.79. The van der Waals surface area contributed by atoms with Crippen LogP contribution in [0.15, 0.2) is 46.6 Å². The number of nitrogens with one attached hydrogen (secondary N) is 2. The molecule has 0 unspecified atom stereocenters. The van der Waals surface area contributed by atoms with E-state index in [0.717, 1.165) is 37.6 Å². The zero-order valence-electron chi connectivity index (χ0n) is 21.4. The van der Waals surface area contributed by atoms with Crippen molar-refractivity contribution in [2.24, 2.45) is 10.2 Å². The summed E-state index contributed by atoms with van der Waals surface area (Å²) in [5, 5.41) is 28.1. The largest absolute Gasteiger partial charge is 0.507 e. The van der Waals surface area contributed by atoms with Crippen LogP contribution in [0.25, 0.3) is 0 Å². The van der Waals surface area contributed by atoms with E-state index in [9.17, 15) is 19.8 Å². The molecule has 0 aromatic heterocycles. The number of carbonyl (C=O) groups excluding carboxylic acids is 2. The van der Waals surface area contributed by atoms with E-state index < -0.39 is 11.8 Å². The SMILES string of the molecule is CCN(CC)c1ccc(C=NNC(=O)CCC(=O)NN=Cc2ccc(N(CC)CC)cc2O)c(O)c1. The van der Waals surface area contributed by atoms with Crippen molar-refractivity contribution in [1.82, 2.24) is 10.9 Å². The Hall–Kier alpha value is -4.08. The molecule has 2 aromatic carbocycles. The van der Waals surface area contributed by atoms with Gasteiger partial charge in [-0.2, -0.15) is 10.2 Å². The summed E-state index contributed by atoms with van der Waals surface area (Å²) < 4.78 is 0. The molecule has 2 amide bonds. The zero-order chi connectivity index (χ0) is 26.5. The number of benzene rings is 2. The summed E-state index contributed by atoms with van der Waals surface area (Å²) in [5.41, 5.74) is 7.41. The lowest BCUT2D eigenvalue weighted by Crippen LogP contribution is -2.23. The van der Waals surface area contributed by atoms with E-state index in [1.54, 1.807) is 24.3 Å². The minimum Gasteiger partial charge on any atom is -0.507 e. The molecule has 0 saturated heterocycles. The van der Waals surface area contributed by atoms with E-state index in [0.29, 0.717) is 11.1 Å². The van der Waals surface area contributed by atoms with Crippen LogP contribution in [0, 0.1) is 0 Å². The van der Waals surface area contributed by atoms with Crippen molar-refractivity contribution in [1.29, 1.82) is 0 Å². The third-order valence-corrected chi connectivity index (χ3v) is 5.65. The lowest BCUT2D eigenvalue weighted by Gasteiger charge is -2.21. The number of phenolic OH excluding ortho intramolecular Hbond substituents is 2. The summed E-state index contributed by atoms with van der Waals surface area (Å²) in [6, 6.07) is 10.5. The molecular formula is C26H36N6O4. The van der Waals surface area contributed by atoms with Crippen LogP contribution in [0.4, 0.5) is 11.4 Å². The van der Waals surface area contributed by atoms with E-state index in [4.69, 9.17) is 0 Å². The van der Waals surface area contributed by atoms with Crippen molar-refractivity contribution >= 4 is 35.6 Å². The van der Waals surface area contributed by atoms with E-state index >= 15 is 0 Å². The minimum atomic E-state index is -0.450. The summed E-state index contributed by atoms with van der Waals surface area (Å²) in [7, 11) is 0. The van der Waals surface area contributed by atoms with Gasteiger partial charge in [-0.3, -0.25) is 9.59 Å². The van der Waals surface area contributed by atoms with Crippen molar-refractivity contribution in [3.05, 3.63) is 47.5 Å². The number of phenols is 2. The average molecular weight is 497 g/mol. The summed E-state index contributed by atoms with van der Waals surface area (Å²) in [6.07, 6.45) is 2.52. The summed E-state index contributed by atoms with van der Waals surface area (Å²) in [6.45, 7) is 11.4. The van der Waals surface area contributed by atoms with Gasteiger partial charge < -0.3 is 20.0 Å². The van der Waals surface area contributed by atoms with Crippen LogP contribution >= 0.6 is 0 Å². The Kier molecular flexibility index (Phi) is 11.2. The molecule has 0 aliphatic heterocycles. The fourth-order valence-corrected chi connectivity index (χ4v) is 3.54. The first-order valence-corrected chi connectivity index (χ1v) is 12.1. The molecular weight excluding hydrogens is 460 g/mol. The standard InChI is InChI=1S/C26H36N6O4/c1-5-31(6-2)21-11-9-19(23(33)15-21)17-27-29-25(35)13-14-26(36)30-28-18-20-10-12-22(16-24(20)34)32(7-3)8-4/h9-12,15-18,33-34H,5-8,13-14H2,1-4H3,(H,29,35)(H,30,36). The molecule has 0 aliphatic carbocycles. The highest BCUT2D eigenvalue weighted by atomic mass is 16.3. The molecule has 36 heavy (non-hydrogen) atoms. The minimum absolute atomic E-state index is 0.0587. The molecule has 0 fully saturated rings. The van der Waals surface area contributed by atoms with Crippen molar-refractivity contribution in [2.45, 2.75) is 40.5 Å². The normalized spacial score (nSPS) is 11.1. The first-order chi connectivity index (χ1) is 17.3. The molecule has 0 spiro atoms. The highest BCUT2D eigenvalue weighted by molar-refractivity contribution is 5.88. The van der Waals surface area contributed by atoms with Crippen LogP contribution in [0.1, 0.15) is 51.7 Å². The van der Waals surface area contributed by atoms with E-state index in [2.05, 4.69) is 30.9 Å². The van der Waals surface area contributed by atoms with Gasteiger partial charge in [0.1, 0.15) is 11.5 Å². The number of aromatic hydroxyl groups is 2. The number of hydrogen-bond donors (Lipinski definition) is 4. The lowest BCUT2D eigenvalue weighted by molar-refractivity contribution is -0.126. The molecule has 2 aromatic rings. The van der Waals surface area contributed by atoms with Crippen molar-refractivity contribution < 1.29 is 19.8 Å². The van der Waals surface area contributed by atoms with Gasteiger partial charge >= 0.3 is 0 Å². The van der Waals surface area contributed by atoms with Gasteiger partial charge in [0.05, 0.1) is 12.4 Å². The van der Waals surface area contributed by atoms with Crippen molar-refractivity contribution in [2.75, 3.05) is 36.0 Å². The Morgan fingerprint density at radius 3 is 1.39 bits per heavy atom. The molecule has 2 rings (SSSR count). The number of anilines is 2. The molecule has 0 bridgehead atoms. The number of hydrazone groups is 2. The van der Waals surface area contributed by atoms with Gasteiger partial charge in [0, 0.05) is 73.7 Å². The van der Waals surface area contributed by atoms with Crippen LogP contribution in [0.3, 0.4) is 0 Å². The zero-order valence-corrected chi connectivity index (χ0v) is 21.4. The number of carbonyl (C=O) groups is 2. The molecule has 0 saturated carbocycles. The highest BCUT2D eigenvalue weighted by Crippen LogP contribution is 2.24. The van der Waals surface area contributed by atoms with Crippen molar-refractivity contribution in [3.63, 3.8) is 0 Å². The van der Waals surface area contributed by atoms with Gasteiger partial charge in [0.25, 0.3) is 0 Å². The first-order valence-electron chi connectivity index (χ1n) is 12.1. The molecule has 10 heteroatoms. The Bertz CT molecular complexity index is 993. The van der Waals surface area contributed by atoms with Crippen LogP contribution in [0.5, 0.6) is 11.5 Å². The molecule has 0 aliphatic rings. The number of rotatable bonds is 13. The smallest absolute Gasteiger partial charge is 0.240 e. The van der Waals surface area contributed by atoms with Gasteiger partial charge in [-0.25, -0.2) is 10.9 Å². The van der Waals surface area contributed by atoms with Gasteiger partial charge in [0.15, 0.2) is 0 Å². The van der Waals surface area contributed by atoms with Gasteiger partial charge in [-0.15, -0.1) is 0 Å². The Morgan fingerprint density at radius 1 is 0.722 bits per heavy atom. The molecule has 0 radical (unpaired) electrons. The first kappa shape index (κ1) is 28.2. The van der Waals surface area contributed by atoms with E-state index in [-0.39, 0.29) is 24.3 Å². The number of amides is 2. The van der Waals surface area contributed by atoms with Crippen LogP contribution in [-0.4, -0.2) is 60.6 Å². The van der Waals surface area contributed by atoms with Crippen molar-refractivity contribution in [3.8, 4) is 11.5 Å². The molecule has 0 atom stereocenters. The predicted octanol–water partition coefficient (Wildman–Crippen LogP) is 3.17. The average Bonchev–Trinajstić information content (AvgIpc) is 2.86. The third kappa shape index (κ3) is 8.30. The summed E-state index contributed by atoms with van der Waals surface area (Å²) >= 11 is 0. The second-order valence-electron chi connectivity index (χ2n) is 7.92. The Morgan fingerprint density at radius 2 is 1.08 bits per heavy atom. The monoisotopic (exact) mass is 496 g/mol. The maximum atomic E-state index is 12.0. The second-order valence-corrected chi connectivity index (χ2v) is 7.92. The predicted molar refractivity (Wildman–Crippen MR) is 144 cm³/mol. The third-order valence-electron chi connectivity index (χ3n) is 5.65. The van der Waals surface area contributed by atoms with Crippen LogP contribution in [0.2, 0.25) is 0 Å². The van der Waals surface area contributed by atoms with Gasteiger partial charge in [-0.05, 0) is 52.0 Å². The summed E-state index contributed by atoms with van der Waals surface area (Å²) in [4.78, 5) is 28.1. The lowest BCUT2D eigenvalue weighted by atomic mass is 10.2. The maximum Gasteiger partial charge on any atom is 0.240 e. The van der Waals surface area contributed by atoms with Crippen LogP contribution < -0.4 is 20.7 Å². The fourth-order valence-electron chi connectivity index (χ4n) is 3.54. The Labute approximate surface area is 212 Å². The fraction of sp³-hybridized carbons (Fsp3) is 0.385. The van der Waals surface area contributed by atoms with E-state index in [1.807, 2.05) is 39.8 Å². The molecule has 10 nitrogen and oxygen atoms in total. The molecule has 0 heterocycles. The van der Waals surface area contributed by atoms with Gasteiger partial charge in [-0.1, -0.05) is 0 Å². The van der Waals surface area contributed by atoms with E-state index in [1.165, 1.54) is 12.4 Å².